The number of nitrogens with zero attached hydrogens (tertiary/aromatic N) is 1. The van der Waals surface area contributed by atoms with Crippen molar-refractivity contribution < 1.29 is 17.6 Å². The molecule has 0 bridgehead atoms. The van der Waals surface area contributed by atoms with Crippen LogP contribution in [0.1, 0.15) is 32.6 Å². The second-order valence-electron chi connectivity index (χ2n) is 8.58. The highest BCUT2D eigenvalue weighted by Crippen LogP contribution is 2.21. The lowest BCUT2D eigenvalue weighted by Gasteiger charge is -2.23. The molecule has 0 saturated carbocycles. The van der Waals surface area contributed by atoms with Gasteiger partial charge >= 0.3 is 0 Å². The molecule has 0 unspecified atom stereocenters. The lowest BCUT2D eigenvalue weighted by atomic mass is 10.1. The van der Waals surface area contributed by atoms with Crippen molar-refractivity contribution in [2.75, 3.05) is 0 Å². The van der Waals surface area contributed by atoms with E-state index in [4.69, 9.17) is 0 Å². The normalized spacial score (nSPS) is 11.4. The van der Waals surface area contributed by atoms with Gasteiger partial charge in [0.2, 0.25) is 10.0 Å². The molecule has 0 fully saturated rings. The average Bonchev–Trinajstić information content (AvgIpc) is 2.90. The molecule has 1 amide bonds. The standard InChI is InChI=1S/C29H27FN2O3S/c1-22-7-9-23(10-8-22)19-31-29(33)26-15-11-24(12-16-26)20-32(21-25-13-17-27(30)18-14-25)36(34,35)28-5-3-2-4-6-28/h2-18H,19-21H2,1H3,(H,31,33). The van der Waals surface area contributed by atoms with Gasteiger partial charge in [-0.2, -0.15) is 4.31 Å². The minimum Gasteiger partial charge on any atom is -0.348 e. The van der Waals surface area contributed by atoms with E-state index in [2.05, 4.69) is 5.32 Å². The number of carbonyl (C=O) groups is 1. The fraction of sp³-hybridized carbons (Fsp3) is 0.138. The third-order valence-corrected chi connectivity index (χ3v) is 7.61. The highest BCUT2D eigenvalue weighted by Gasteiger charge is 2.25. The maximum atomic E-state index is 13.4. The molecule has 0 saturated heterocycles. The molecule has 0 atom stereocenters. The Morgan fingerprint density at radius 3 is 1.86 bits per heavy atom. The monoisotopic (exact) mass is 502 g/mol. The van der Waals surface area contributed by atoms with Gasteiger partial charge in [0.1, 0.15) is 5.82 Å². The first-order valence-corrected chi connectivity index (χ1v) is 13.0. The number of hydrogen-bond acceptors (Lipinski definition) is 3. The van der Waals surface area contributed by atoms with Crippen molar-refractivity contribution in [2.45, 2.75) is 31.5 Å². The van der Waals surface area contributed by atoms with Crippen LogP contribution in [0.15, 0.2) is 108 Å². The number of halogens is 1. The van der Waals surface area contributed by atoms with Gasteiger partial charge in [-0.3, -0.25) is 4.79 Å². The van der Waals surface area contributed by atoms with Gasteiger partial charge in [0.05, 0.1) is 4.90 Å². The number of amides is 1. The van der Waals surface area contributed by atoms with E-state index in [9.17, 15) is 17.6 Å². The highest BCUT2D eigenvalue weighted by atomic mass is 32.2. The molecular weight excluding hydrogens is 475 g/mol. The Bertz CT molecular complexity index is 1400. The van der Waals surface area contributed by atoms with Crippen molar-refractivity contribution in [3.05, 3.63) is 137 Å². The molecule has 0 aliphatic heterocycles. The molecule has 1 N–H and O–H groups in total. The van der Waals surface area contributed by atoms with E-state index in [-0.39, 0.29) is 29.7 Å². The Hall–Kier alpha value is -3.81. The molecule has 5 nitrogen and oxygen atoms in total. The second kappa shape index (κ2) is 11.3. The summed E-state index contributed by atoms with van der Waals surface area (Å²) < 4.78 is 41.5. The first-order chi connectivity index (χ1) is 17.3. The van der Waals surface area contributed by atoms with Crippen molar-refractivity contribution in [3.8, 4) is 0 Å². The van der Waals surface area contributed by atoms with E-state index in [1.54, 1.807) is 66.7 Å². The van der Waals surface area contributed by atoms with Gasteiger partial charge in [-0.05, 0) is 60.0 Å². The third kappa shape index (κ3) is 6.44. The van der Waals surface area contributed by atoms with Crippen molar-refractivity contribution in [1.82, 2.24) is 9.62 Å². The summed E-state index contributed by atoms with van der Waals surface area (Å²) in [7, 11) is -3.82. The highest BCUT2D eigenvalue weighted by molar-refractivity contribution is 7.89. The van der Waals surface area contributed by atoms with Gasteiger partial charge in [-0.15, -0.1) is 0 Å². The number of sulfonamides is 1. The van der Waals surface area contributed by atoms with Crippen molar-refractivity contribution in [1.29, 1.82) is 0 Å². The molecular formula is C29H27FN2O3S. The van der Waals surface area contributed by atoms with Crippen LogP contribution >= 0.6 is 0 Å². The Kier molecular flexibility index (Phi) is 7.93. The van der Waals surface area contributed by atoms with Crippen LogP contribution in [0.2, 0.25) is 0 Å². The zero-order chi connectivity index (χ0) is 25.5. The van der Waals surface area contributed by atoms with Crippen molar-refractivity contribution >= 4 is 15.9 Å². The molecule has 184 valence electrons. The van der Waals surface area contributed by atoms with E-state index in [1.165, 1.54) is 16.4 Å². The first-order valence-electron chi connectivity index (χ1n) is 11.5. The summed E-state index contributed by atoms with van der Waals surface area (Å²) in [6.07, 6.45) is 0. The van der Waals surface area contributed by atoms with E-state index in [0.717, 1.165) is 16.7 Å². The fourth-order valence-electron chi connectivity index (χ4n) is 3.72. The van der Waals surface area contributed by atoms with Gasteiger partial charge in [0, 0.05) is 25.2 Å². The fourth-order valence-corrected chi connectivity index (χ4v) is 5.15. The predicted molar refractivity (Wildman–Crippen MR) is 138 cm³/mol. The number of rotatable bonds is 9. The predicted octanol–water partition coefficient (Wildman–Crippen LogP) is 5.46. The smallest absolute Gasteiger partial charge is 0.251 e. The van der Waals surface area contributed by atoms with Crippen LogP contribution in [-0.4, -0.2) is 18.6 Å². The second-order valence-corrected chi connectivity index (χ2v) is 10.5. The molecule has 7 heteroatoms. The van der Waals surface area contributed by atoms with Crippen LogP contribution < -0.4 is 5.32 Å². The van der Waals surface area contributed by atoms with Crippen LogP contribution in [0.5, 0.6) is 0 Å². The maximum Gasteiger partial charge on any atom is 0.251 e. The summed E-state index contributed by atoms with van der Waals surface area (Å²) in [5, 5.41) is 2.90. The van der Waals surface area contributed by atoms with Gasteiger partial charge in [-0.25, -0.2) is 12.8 Å². The summed E-state index contributed by atoms with van der Waals surface area (Å²) in [5.41, 5.74) is 4.05. The minimum absolute atomic E-state index is 0.0797. The molecule has 36 heavy (non-hydrogen) atoms. The van der Waals surface area contributed by atoms with Crippen LogP contribution in [-0.2, 0) is 29.7 Å². The largest absolute Gasteiger partial charge is 0.348 e. The number of aryl methyl sites for hydroxylation is 1. The first kappa shape index (κ1) is 25.3. The SMILES string of the molecule is Cc1ccc(CNC(=O)c2ccc(CN(Cc3ccc(F)cc3)S(=O)(=O)c3ccccc3)cc2)cc1. The lowest BCUT2D eigenvalue weighted by Crippen LogP contribution is -2.30. The van der Waals surface area contributed by atoms with Gasteiger partial charge in [0.25, 0.3) is 5.91 Å². The molecule has 4 aromatic carbocycles. The van der Waals surface area contributed by atoms with Crippen LogP contribution in [0.25, 0.3) is 0 Å². The number of carbonyl (C=O) groups excluding carboxylic acids is 1. The molecule has 0 spiro atoms. The molecule has 0 aliphatic rings. The van der Waals surface area contributed by atoms with Crippen LogP contribution in [0.3, 0.4) is 0 Å². The summed E-state index contributed by atoms with van der Waals surface area (Å²) in [4.78, 5) is 12.8. The van der Waals surface area contributed by atoms with Crippen molar-refractivity contribution in [2.24, 2.45) is 0 Å². The number of nitrogens with one attached hydrogen (secondary N) is 1. The number of benzene rings is 4. The quantitative estimate of drug-likeness (QED) is 0.331. The minimum atomic E-state index is -3.82. The Balaban J connectivity index is 1.49. The van der Waals surface area contributed by atoms with E-state index >= 15 is 0 Å². The van der Waals surface area contributed by atoms with E-state index < -0.39 is 10.0 Å². The van der Waals surface area contributed by atoms with E-state index in [0.29, 0.717) is 17.7 Å². The van der Waals surface area contributed by atoms with Crippen molar-refractivity contribution in [3.63, 3.8) is 0 Å². The molecule has 0 radical (unpaired) electrons. The van der Waals surface area contributed by atoms with E-state index in [1.807, 2.05) is 31.2 Å². The Morgan fingerprint density at radius 2 is 1.28 bits per heavy atom. The summed E-state index contributed by atoms with van der Waals surface area (Å²) in [6.45, 7) is 2.60. The summed E-state index contributed by atoms with van der Waals surface area (Å²) in [6, 6.07) is 28.8. The zero-order valence-electron chi connectivity index (χ0n) is 19.9. The summed E-state index contributed by atoms with van der Waals surface area (Å²) >= 11 is 0. The molecule has 4 rings (SSSR count). The Labute approximate surface area is 211 Å². The maximum absolute atomic E-state index is 13.4. The molecule has 0 aromatic heterocycles. The lowest BCUT2D eigenvalue weighted by molar-refractivity contribution is 0.0951. The molecule has 4 aromatic rings. The Morgan fingerprint density at radius 1 is 0.750 bits per heavy atom. The van der Waals surface area contributed by atoms with Gasteiger partial charge < -0.3 is 5.32 Å². The topological polar surface area (TPSA) is 66.5 Å². The zero-order valence-corrected chi connectivity index (χ0v) is 20.7. The third-order valence-electron chi connectivity index (χ3n) is 5.80. The van der Waals surface area contributed by atoms with Gasteiger partial charge in [-0.1, -0.05) is 72.3 Å². The van der Waals surface area contributed by atoms with Gasteiger partial charge in [0.15, 0.2) is 0 Å². The van der Waals surface area contributed by atoms with Crippen LogP contribution in [0.4, 0.5) is 4.39 Å². The van der Waals surface area contributed by atoms with Crippen LogP contribution in [0, 0.1) is 12.7 Å². The molecule has 0 heterocycles. The molecule has 0 aliphatic carbocycles. The average molecular weight is 503 g/mol. The summed E-state index contributed by atoms with van der Waals surface area (Å²) in [5.74, 6) is -0.588. The number of hydrogen-bond donors (Lipinski definition) is 1.